The average molecular weight is 314 g/mol. The molecule has 1 unspecified atom stereocenters. The molecule has 2 amide bonds. The Kier molecular flexibility index (Phi) is 4.53. The van der Waals surface area contributed by atoms with E-state index in [1.54, 1.807) is 11.3 Å². The molecule has 3 rings (SSSR count). The predicted octanol–water partition coefficient (Wildman–Crippen LogP) is 2.21. The zero-order valence-electron chi connectivity index (χ0n) is 12.2. The normalized spacial score (nSPS) is 17.7. The highest BCUT2D eigenvalue weighted by Crippen LogP contribution is 2.16. The smallest absolute Gasteiger partial charge is 0.225 e. The highest BCUT2D eigenvalue weighted by Gasteiger charge is 2.30. The number of carbonyl (C=O) groups excluding carboxylic acids is 2. The van der Waals surface area contributed by atoms with E-state index in [9.17, 15) is 9.59 Å². The van der Waals surface area contributed by atoms with E-state index in [0.717, 1.165) is 10.4 Å². The minimum absolute atomic E-state index is 0.0122. The summed E-state index contributed by atoms with van der Waals surface area (Å²) >= 11 is 1.57. The van der Waals surface area contributed by atoms with Gasteiger partial charge in [-0.1, -0.05) is 36.4 Å². The number of rotatable bonds is 5. The number of hydrogen-bond acceptors (Lipinski definition) is 3. The van der Waals surface area contributed by atoms with Gasteiger partial charge in [0.2, 0.25) is 11.8 Å². The number of amides is 2. The van der Waals surface area contributed by atoms with E-state index in [1.807, 2.05) is 52.7 Å². The maximum Gasteiger partial charge on any atom is 0.225 e. The number of nitrogens with zero attached hydrogens (tertiary/aromatic N) is 1. The second-order valence-electron chi connectivity index (χ2n) is 5.48. The molecule has 0 saturated carbocycles. The van der Waals surface area contributed by atoms with Gasteiger partial charge in [0.1, 0.15) is 0 Å². The highest BCUT2D eigenvalue weighted by atomic mass is 32.1. The van der Waals surface area contributed by atoms with Crippen LogP contribution in [0.3, 0.4) is 0 Å². The first-order valence-corrected chi connectivity index (χ1v) is 8.22. The van der Waals surface area contributed by atoms with Crippen LogP contribution in [0, 0.1) is 0 Å². The van der Waals surface area contributed by atoms with Gasteiger partial charge >= 0.3 is 0 Å². The molecule has 5 heteroatoms. The van der Waals surface area contributed by atoms with Crippen LogP contribution in [0.1, 0.15) is 16.9 Å². The molecular weight excluding hydrogens is 296 g/mol. The van der Waals surface area contributed by atoms with Crippen LogP contribution in [0.4, 0.5) is 0 Å². The SMILES string of the molecule is O=C(Cc1cccs1)NC1CC(=O)N(Cc2ccccc2)C1. The summed E-state index contributed by atoms with van der Waals surface area (Å²) in [6.07, 6.45) is 0.782. The lowest BCUT2D eigenvalue weighted by molar-refractivity contribution is -0.128. The fourth-order valence-corrected chi connectivity index (χ4v) is 3.38. The van der Waals surface area contributed by atoms with E-state index in [0.29, 0.717) is 25.9 Å². The van der Waals surface area contributed by atoms with Crippen LogP contribution in [0.5, 0.6) is 0 Å². The van der Waals surface area contributed by atoms with Crippen molar-refractivity contribution in [3.63, 3.8) is 0 Å². The molecule has 2 heterocycles. The summed E-state index contributed by atoms with van der Waals surface area (Å²) < 4.78 is 0. The first-order valence-electron chi connectivity index (χ1n) is 7.34. The Morgan fingerprint density at radius 3 is 2.77 bits per heavy atom. The zero-order valence-corrected chi connectivity index (χ0v) is 13.0. The fourth-order valence-electron chi connectivity index (χ4n) is 2.68. The molecule has 0 spiro atoms. The van der Waals surface area contributed by atoms with Crippen LogP contribution >= 0.6 is 11.3 Å². The fraction of sp³-hybridized carbons (Fsp3) is 0.294. The summed E-state index contributed by atoms with van der Waals surface area (Å²) in [5, 5.41) is 4.93. The largest absolute Gasteiger partial charge is 0.351 e. The number of hydrogen-bond donors (Lipinski definition) is 1. The molecule has 1 fully saturated rings. The number of nitrogens with one attached hydrogen (secondary N) is 1. The predicted molar refractivity (Wildman–Crippen MR) is 86.4 cm³/mol. The molecule has 2 aromatic rings. The molecule has 0 bridgehead atoms. The van der Waals surface area contributed by atoms with E-state index in [-0.39, 0.29) is 17.9 Å². The monoisotopic (exact) mass is 314 g/mol. The lowest BCUT2D eigenvalue weighted by atomic mass is 10.2. The Bertz CT molecular complexity index is 640. The first kappa shape index (κ1) is 14.8. The average Bonchev–Trinajstić information content (AvgIpc) is 3.11. The van der Waals surface area contributed by atoms with Crippen molar-refractivity contribution in [1.29, 1.82) is 0 Å². The number of likely N-dealkylation sites (tertiary alicyclic amines) is 1. The van der Waals surface area contributed by atoms with Gasteiger partial charge in [-0.25, -0.2) is 0 Å². The van der Waals surface area contributed by atoms with E-state index < -0.39 is 0 Å². The third kappa shape index (κ3) is 3.74. The Labute approximate surface area is 133 Å². The van der Waals surface area contributed by atoms with E-state index in [2.05, 4.69) is 5.32 Å². The van der Waals surface area contributed by atoms with Crippen LogP contribution in [-0.2, 0) is 22.6 Å². The van der Waals surface area contributed by atoms with Gasteiger partial charge in [-0.05, 0) is 17.0 Å². The van der Waals surface area contributed by atoms with Gasteiger partial charge in [0.25, 0.3) is 0 Å². The minimum atomic E-state index is -0.0799. The molecular formula is C17H18N2O2S. The van der Waals surface area contributed by atoms with Crippen molar-refractivity contribution >= 4 is 23.2 Å². The summed E-state index contributed by atoms with van der Waals surface area (Å²) in [6.45, 7) is 1.20. The molecule has 1 N–H and O–H groups in total. The van der Waals surface area contributed by atoms with Crippen molar-refractivity contribution in [2.45, 2.75) is 25.4 Å². The molecule has 1 aromatic carbocycles. The van der Waals surface area contributed by atoms with Crippen molar-refractivity contribution < 1.29 is 9.59 Å². The van der Waals surface area contributed by atoms with E-state index >= 15 is 0 Å². The third-order valence-electron chi connectivity index (χ3n) is 3.71. The molecule has 114 valence electrons. The molecule has 1 saturated heterocycles. The van der Waals surface area contributed by atoms with E-state index in [4.69, 9.17) is 0 Å². The molecule has 1 aliphatic rings. The lowest BCUT2D eigenvalue weighted by Crippen LogP contribution is -2.37. The summed E-state index contributed by atoms with van der Waals surface area (Å²) in [7, 11) is 0. The molecule has 22 heavy (non-hydrogen) atoms. The van der Waals surface area contributed by atoms with Gasteiger partial charge in [0, 0.05) is 24.4 Å². The summed E-state index contributed by atoms with van der Waals surface area (Å²) in [4.78, 5) is 26.9. The lowest BCUT2D eigenvalue weighted by Gasteiger charge is -2.17. The molecule has 4 nitrogen and oxygen atoms in total. The summed E-state index contributed by atoms with van der Waals surface area (Å²) in [6, 6.07) is 13.7. The molecule has 1 atom stereocenters. The van der Waals surface area contributed by atoms with Crippen molar-refractivity contribution in [1.82, 2.24) is 10.2 Å². The Balaban J connectivity index is 1.52. The van der Waals surface area contributed by atoms with Crippen LogP contribution < -0.4 is 5.32 Å². The standard InChI is InChI=1S/C17H18N2O2S/c20-16(10-15-7-4-8-22-15)18-14-9-17(21)19(12-14)11-13-5-2-1-3-6-13/h1-8,14H,9-12H2,(H,18,20). The van der Waals surface area contributed by atoms with Crippen LogP contribution in [0.25, 0.3) is 0 Å². The van der Waals surface area contributed by atoms with Crippen molar-refractivity contribution in [2.75, 3.05) is 6.54 Å². The maximum atomic E-state index is 12.1. The number of thiophene rings is 1. The van der Waals surface area contributed by atoms with Crippen molar-refractivity contribution in [2.24, 2.45) is 0 Å². The summed E-state index contributed by atoms with van der Waals surface area (Å²) in [5.74, 6) is 0.0899. The van der Waals surface area contributed by atoms with Gasteiger partial charge in [0.05, 0.1) is 12.5 Å². The van der Waals surface area contributed by atoms with Crippen molar-refractivity contribution in [3.05, 3.63) is 58.3 Å². The van der Waals surface area contributed by atoms with Crippen LogP contribution in [-0.4, -0.2) is 29.3 Å². The molecule has 0 aliphatic carbocycles. The van der Waals surface area contributed by atoms with Crippen molar-refractivity contribution in [3.8, 4) is 0 Å². The summed E-state index contributed by atoms with van der Waals surface area (Å²) in [5.41, 5.74) is 1.11. The Morgan fingerprint density at radius 1 is 1.23 bits per heavy atom. The van der Waals surface area contributed by atoms with Gasteiger partial charge in [-0.2, -0.15) is 0 Å². The van der Waals surface area contributed by atoms with Gasteiger partial charge in [-0.15, -0.1) is 11.3 Å². The Hall–Kier alpha value is -2.14. The van der Waals surface area contributed by atoms with Gasteiger partial charge in [-0.3, -0.25) is 9.59 Å². The zero-order chi connectivity index (χ0) is 15.4. The Morgan fingerprint density at radius 2 is 2.05 bits per heavy atom. The highest BCUT2D eigenvalue weighted by molar-refractivity contribution is 7.10. The number of benzene rings is 1. The number of carbonyl (C=O) groups is 2. The third-order valence-corrected chi connectivity index (χ3v) is 4.59. The van der Waals surface area contributed by atoms with E-state index in [1.165, 1.54) is 0 Å². The minimum Gasteiger partial charge on any atom is -0.351 e. The second-order valence-corrected chi connectivity index (χ2v) is 6.52. The van der Waals surface area contributed by atoms with Gasteiger partial charge < -0.3 is 10.2 Å². The maximum absolute atomic E-state index is 12.1. The van der Waals surface area contributed by atoms with Crippen LogP contribution in [0.2, 0.25) is 0 Å². The first-order chi connectivity index (χ1) is 10.7. The molecule has 1 aromatic heterocycles. The second kappa shape index (κ2) is 6.75. The van der Waals surface area contributed by atoms with Crippen LogP contribution in [0.15, 0.2) is 47.8 Å². The quantitative estimate of drug-likeness (QED) is 0.920. The van der Waals surface area contributed by atoms with Gasteiger partial charge in [0.15, 0.2) is 0 Å². The molecule has 0 radical (unpaired) electrons. The topological polar surface area (TPSA) is 49.4 Å². The molecule has 1 aliphatic heterocycles.